The molecule has 0 bridgehead atoms. The van der Waals surface area contributed by atoms with Gasteiger partial charge in [0.2, 0.25) is 5.91 Å². The minimum atomic E-state index is 0.152. The van der Waals surface area contributed by atoms with Crippen LogP contribution in [-0.4, -0.2) is 23.4 Å². The van der Waals surface area contributed by atoms with Crippen molar-refractivity contribution in [3.8, 4) is 0 Å². The van der Waals surface area contributed by atoms with Gasteiger partial charge in [-0.15, -0.1) is 0 Å². The number of rotatable bonds is 5. The van der Waals surface area contributed by atoms with E-state index in [2.05, 4.69) is 18.7 Å². The summed E-state index contributed by atoms with van der Waals surface area (Å²) in [5.41, 5.74) is 0. The molecule has 0 aromatic heterocycles. The van der Waals surface area contributed by atoms with Crippen molar-refractivity contribution in [2.45, 2.75) is 72.3 Å². The van der Waals surface area contributed by atoms with Gasteiger partial charge in [-0.3, -0.25) is 4.79 Å². The van der Waals surface area contributed by atoms with Gasteiger partial charge in [0, 0.05) is 18.5 Å². The minimum Gasteiger partial charge on any atom is -0.339 e. The summed E-state index contributed by atoms with van der Waals surface area (Å²) in [6.07, 6.45) is 7.43. The van der Waals surface area contributed by atoms with Crippen LogP contribution >= 0.6 is 0 Å². The molecular weight excluding hydrogens is 210 g/mol. The lowest BCUT2D eigenvalue weighted by Crippen LogP contribution is -2.45. The highest BCUT2D eigenvalue weighted by molar-refractivity contribution is 5.78. The Balaban J connectivity index is 2.51. The quantitative estimate of drug-likeness (QED) is 0.713. The smallest absolute Gasteiger partial charge is 0.225 e. The third-order valence-electron chi connectivity index (χ3n) is 4.09. The predicted octanol–water partition coefficient (Wildman–Crippen LogP) is 3.85. The zero-order valence-corrected chi connectivity index (χ0v) is 12.0. The van der Waals surface area contributed by atoms with E-state index >= 15 is 0 Å². The first kappa shape index (κ1) is 14.5. The van der Waals surface area contributed by atoms with Crippen LogP contribution in [0.1, 0.15) is 66.2 Å². The van der Waals surface area contributed by atoms with Gasteiger partial charge in [-0.05, 0) is 38.0 Å². The summed E-state index contributed by atoms with van der Waals surface area (Å²) in [6, 6.07) is 0.521. The Morgan fingerprint density at radius 3 is 2.59 bits per heavy atom. The Bertz CT molecular complexity index is 237. The number of amides is 1. The predicted molar refractivity (Wildman–Crippen MR) is 72.9 cm³/mol. The molecule has 0 saturated carbocycles. The fourth-order valence-corrected chi connectivity index (χ4v) is 2.60. The van der Waals surface area contributed by atoms with Crippen LogP contribution in [0.25, 0.3) is 0 Å². The van der Waals surface area contributed by atoms with E-state index in [4.69, 9.17) is 0 Å². The van der Waals surface area contributed by atoms with Gasteiger partial charge in [0.15, 0.2) is 0 Å². The lowest BCUT2D eigenvalue weighted by atomic mass is 9.92. The molecule has 0 aliphatic carbocycles. The topological polar surface area (TPSA) is 20.3 Å². The number of hydrogen-bond donors (Lipinski definition) is 0. The summed E-state index contributed by atoms with van der Waals surface area (Å²) in [7, 11) is 0. The Hall–Kier alpha value is -0.530. The van der Waals surface area contributed by atoms with E-state index in [0.29, 0.717) is 11.9 Å². The molecule has 2 unspecified atom stereocenters. The van der Waals surface area contributed by atoms with Crippen LogP contribution < -0.4 is 0 Å². The molecule has 0 aromatic carbocycles. The Morgan fingerprint density at radius 1 is 1.29 bits per heavy atom. The van der Waals surface area contributed by atoms with Crippen molar-refractivity contribution in [1.82, 2.24) is 4.90 Å². The highest BCUT2D eigenvalue weighted by Crippen LogP contribution is 2.24. The largest absolute Gasteiger partial charge is 0.339 e. The van der Waals surface area contributed by atoms with Crippen molar-refractivity contribution in [1.29, 1.82) is 0 Å². The highest BCUT2D eigenvalue weighted by Gasteiger charge is 2.27. The number of piperidine rings is 1. The fraction of sp³-hybridized carbons (Fsp3) is 0.933. The average Bonchev–Trinajstić information content (AvgIpc) is 2.35. The summed E-state index contributed by atoms with van der Waals surface area (Å²) in [5.74, 6) is 1.31. The van der Waals surface area contributed by atoms with Crippen LogP contribution in [0, 0.1) is 11.8 Å². The van der Waals surface area contributed by atoms with Crippen molar-refractivity contribution in [3.05, 3.63) is 0 Å². The van der Waals surface area contributed by atoms with E-state index in [-0.39, 0.29) is 5.92 Å². The molecule has 100 valence electrons. The summed E-state index contributed by atoms with van der Waals surface area (Å²) in [6.45, 7) is 9.59. The zero-order chi connectivity index (χ0) is 12.8. The van der Waals surface area contributed by atoms with E-state index in [0.717, 1.165) is 12.5 Å². The van der Waals surface area contributed by atoms with Gasteiger partial charge >= 0.3 is 0 Å². The number of carbonyl (C=O) groups is 1. The maximum Gasteiger partial charge on any atom is 0.225 e. The van der Waals surface area contributed by atoms with Gasteiger partial charge in [0.05, 0.1) is 0 Å². The number of carbonyl (C=O) groups excluding carboxylic acids is 1. The lowest BCUT2D eigenvalue weighted by molar-refractivity contribution is -0.138. The van der Waals surface area contributed by atoms with Crippen LogP contribution in [0.5, 0.6) is 0 Å². The molecule has 1 rings (SSSR count). The Kier molecular flexibility index (Phi) is 6.01. The molecule has 1 amide bonds. The second-order valence-corrected chi connectivity index (χ2v) is 5.93. The molecular formula is C15H29NO. The van der Waals surface area contributed by atoms with Crippen molar-refractivity contribution in [2.24, 2.45) is 11.8 Å². The van der Waals surface area contributed by atoms with Crippen LogP contribution in [0.3, 0.4) is 0 Å². The molecule has 0 aromatic rings. The standard InChI is InChI=1S/C15H29NO/c1-5-13(4)9-10-14-8-6-7-11-16(14)15(17)12(2)3/h12-14H,5-11H2,1-4H3. The van der Waals surface area contributed by atoms with Crippen LogP contribution in [0.15, 0.2) is 0 Å². The molecule has 0 N–H and O–H groups in total. The van der Waals surface area contributed by atoms with E-state index in [1.807, 2.05) is 13.8 Å². The minimum absolute atomic E-state index is 0.152. The second kappa shape index (κ2) is 7.03. The summed E-state index contributed by atoms with van der Waals surface area (Å²) in [5, 5.41) is 0. The lowest BCUT2D eigenvalue weighted by Gasteiger charge is -2.37. The Labute approximate surface area is 107 Å². The average molecular weight is 239 g/mol. The van der Waals surface area contributed by atoms with Gasteiger partial charge in [0.1, 0.15) is 0 Å². The summed E-state index contributed by atoms with van der Waals surface area (Å²) >= 11 is 0. The summed E-state index contributed by atoms with van der Waals surface area (Å²) < 4.78 is 0. The van der Waals surface area contributed by atoms with E-state index in [9.17, 15) is 4.79 Å². The normalized spacial score (nSPS) is 22.9. The van der Waals surface area contributed by atoms with Crippen molar-refractivity contribution in [3.63, 3.8) is 0 Å². The third kappa shape index (κ3) is 4.33. The van der Waals surface area contributed by atoms with E-state index < -0.39 is 0 Å². The Morgan fingerprint density at radius 2 is 2.00 bits per heavy atom. The molecule has 1 aliphatic rings. The molecule has 2 nitrogen and oxygen atoms in total. The summed E-state index contributed by atoms with van der Waals surface area (Å²) in [4.78, 5) is 14.3. The van der Waals surface area contributed by atoms with E-state index in [1.54, 1.807) is 0 Å². The number of hydrogen-bond acceptors (Lipinski definition) is 1. The molecule has 17 heavy (non-hydrogen) atoms. The van der Waals surface area contributed by atoms with Gasteiger partial charge in [0.25, 0.3) is 0 Å². The molecule has 0 spiro atoms. The molecule has 2 atom stereocenters. The van der Waals surface area contributed by atoms with Crippen molar-refractivity contribution in [2.75, 3.05) is 6.54 Å². The van der Waals surface area contributed by atoms with Gasteiger partial charge in [-0.25, -0.2) is 0 Å². The second-order valence-electron chi connectivity index (χ2n) is 5.93. The van der Waals surface area contributed by atoms with Crippen molar-refractivity contribution >= 4 is 5.91 Å². The molecule has 2 heteroatoms. The third-order valence-corrected chi connectivity index (χ3v) is 4.09. The first-order valence-corrected chi connectivity index (χ1v) is 7.36. The first-order chi connectivity index (χ1) is 8.06. The number of nitrogens with zero attached hydrogens (tertiary/aromatic N) is 1. The van der Waals surface area contributed by atoms with Crippen LogP contribution in [0.4, 0.5) is 0 Å². The maximum atomic E-state index is 12.1. The molecule has 0 radical (unpaired) electrons. The first-order valence-electron chi connectivity index (χ1n) is 7.36. The molecule has 1 heterocycles. The molecule has 1 fully saturated rings. The highest BCUT2D eigenvalue weighted by atomic mass is 16.2. The van der Waals surface area contributed by atoms with Crippen LogP contribution in [-0.2, 0) is 4.79 Å². The van der Waals surface area contributed by atoms with Gasteiger partial charge in [-0.2, -0.15) is 0 Å². The van der Waals surface area contributed by atoms with Gasteiger partial charge < -0.3 is 4.90 Å². The van der Waals surface area contributed by atoms with E-state index in [1.165, 1.54) is 38.5 Å². The SMILES string of the molecule is CCC(C)CCC1CCCCN1C(=O)C(C)C. The monoisotopic (exact) mass is 239 g/mol. The van der Waals surface area contributed by atoms with Crippen molar-refractivity contribution < 1.29 is 4.79 Å². The zero-order valence-electron chi connectivity index (χ0n) is 12.0. The van der Waals surface area contributed by atoms with Crippen LogP contribution in [0.2, 0.25) is 0 Å². The fourth-order valence-electron chi connectivity index (χ4n) is 2.60. The maximum absolute atomic E-state index is 12.1. The molecule has 1 aliphatic heterocycles. The molecule has 1 saturated heterocycles. The number of likely N-dealkylation sites (tertiary alicyclic amines) is 1. The van der Waals surface area contributed by atoms with Gasteiger partial charge in [-0.1, -0.05) is 34.1 Å².